The first-order valence-electron chi connectivity index (χ1n) is 6.43. The third kappa shape index (κ3) is 2.82. The summed E-state index contributed by atoms with van der Waals surface area (Å²) in [6.07, 6.45) is 9.37. The summed E-state index contributed by atoms with van der Waals surface area (Å²) in [4.78, 5) is 4.06. The standard InChI is InChI=1S/C14H22N2/c1-11(13-5-3-4-6-13)16-12(2)14-7-9-15-10-8-14/h7-13,16H,3-6H2,1-2H3/t11-,12?/m1/s1. The average Bonchev–Trinajstić information content (AvgIpc) is 2.83. The molecule has 0 saturated heterocycles. The van der Waals surface area contributed by atoms with Crippen LogP contribution in [0, 0.1) is 5.92 Å². The molecule has 2 heteroatoms. The van der Waals surface area contributed by atoms with Crippen molar-refractivity contribution in [2.75, 3.05) is 0 Å². The fourth-order valence-electron chi connectivity index (χ4n) is 2.74. The number of hydrogen-bond acceptors (Lipinski definition) is 2. The van der Waals surface area contributed by atoms with Crippen molar-refractivity contribution in [2.24, 2.45) is 5.92 Å². The molecule has 1 aromatic rings. The van der Waals surface area contributed by atoms with Crippen molar-refractivity contribution in [3.8, 4) is 0 Å². The molecule has 0 radical (unpaired) electrons. The van der Waals surface area contributed by atoms with Gasteiger partial charge in [0.2, 0.25) is 0 Å². The van der Waals surface area contributed by atoms with Crippen molar-refractivity contribution >= 4 is 0 Å². The van der Waals surface area contributed by atoms with Crippen LogP contribution in [-0.4, -0.2) is 11.0 Å². The number of nitrogens with one attached hydrogen (secondary N) is 1. The van der Waals surface area contributed by atoms with Crippen molar-refractivity contribution in [1.82, 2.24) is 10.3 Å². The molecule has 0 bridgehead atoms. The Morgan fingerprint density at radius 1 is 1.19 bits per heavy atom. The second kappa shape index (κ2) is 5.44. The summed E-state index contributed by atoms with van der Waals surface area (Å²) in [5, 5.41) is 3.71. The third-order valence-electron chi connectivity index (χ3n) is 3.83. The molecule has 2 nitrogen and oxygen atoms in total. The summed E-state index contributed by atoms with van der Waals surface area (Å²) < 4.78 is 0. The monoisotopic (exact) mass is 218 g/mol. The highest BCUT2D eigenvalue weighted by Crippen LogP contribution is 2.28. The first-order chi connectivity index (χ1) is 7.77. The van der Waals surface area contributed by atoms with Crippen LogP contribution in [0.4, 0.5) is 0 Å². The molecule has 1 saturated carbocycles. The van der Waals surface area contributed by atoms with E-state index in [2.05, 4.69) is 36.3 Å². The Kier molecular flexibility index (Phi) is 3.94. The summed E-state index contributed by atoms with van der Waals surface area (Å²) in [5.74, 6) is 0.879. The highest BCUT2D eigenvalue weighted by molar-refractivity contribution is 5.14. The Balaban J connectivity index is 1.89. The van der Waals surface area contributed by atoms with Gasteiger partial charge in [-0.15, -0.1) is 0 Å². The van der Waals surface area contributed by atoms with Crippen LogP contribution in [0.25, 0.3) is 0 Å². The zero-order valence-corrected chi connectivity index (χ0v) is 10.3. The van der Waals surface area contributed by atoms with Gasteiger partial charge in [-0.25, -0.2) is 0 Å². The van der Waals surface area contributed by atoms with Gasteiger partial charge in [-0.05, 0) is 50.3 Å². The van der Waals surface area contributed by atoms with Crippen LogP contribution in [0.2, 0.25) is 0 Å². The normalized spacial score (nSPS) is 20.9. The zero-order valence-electron chi connectivity index (χ0n) is 10.3. The summed E-state index contributed by atoms with van der Waals surface area (Å²) in [5.41, 5.74) is 1.33. The summed E-state index contributed by atoms with van der Waals surface area (Å²) in [6.45, 7) is 4.56. The molecule has 1 heterocycles. The van der Waals surface area contributed by atoms with Gasteiger partial charge in [0.15, 0.2) is 0 Å². The van der Waals surface area contributed by atoms with E-state index < -0.39 is 0 Å². The van der Waals surface area contributed by atoms with E-state index >= 15 is 0 Å². The van der Waals surface area contributed by atoms with Crippen molar-refractivity contribution in [1.29, 1.82) is 0 Å². The molecule has 1 aromatic heterocycles. The van der Waals surface area contributed by atoms with Gasteiger partial charge in [0, 0.05) is 24.5 Å². The Hall–Kier alpha value is -0.890. The van der Waals surface area contributed by atoms with Crippen molar-refractivity contribution < 1.29 is 0 Å². The first kappa shape index (κ1) is 11.6. The van der Waals surface area contributed by atoms with Gasteiger partial charge in [0.25, 0.3) is 0 Å². The van der Waals surface area contributed by atoms with E-state index in [1.165, 1.54) is 31.2 Å². The van der Waals surface area contributed by atoms with Crippen LogP contribution >= 0.6 is 0 Å². The number of rotatable bonds is 4. The van der Waals surface area contributed by atoms with Gasteiger partial charge in [-0.2, -0.15) is 0 Å². The minimum atomic E-state index is 0.429. The number of hydrogen-bond donors (Lipinski definition) is 1. The SMILES string of the molecule is CC(N[C@H](C)C1CCCC1)c1ccncc1. The molecule has 16 heavy (non-hydrogen) atoms. The number of nitrogens with zero attached hydrogens (tertiary/aromatic N) is 1. The fourth-order valence-corrected chi connectivity index (χ4v) is 2.74. The number of aromatic nitrogens is 1. The molecule has 0 aliphatic heterocycles. The molecule has 0 amide bonds. The Morgan fingerprint density at radius 2 is 1.81 bits per heavy atom. The molecule has 1 fully saturated rings. The lowest BCUT2D eigenvalue weighted by molar-refractivity contribution is 0.352. The molecule has 0 spiro atoms. The van der Waals surface area contributed by atoms with Gasteiger partial charge in [0.1, 0.15) is 0 Å². The summed E-state index contributed by atoms with van der Waals surface area (Å²) in [7, 11) is 0. The van der Waals surface area contributed by atoms with Gasteiger partial charge in [-0.1, -0.05) is 12.8 Å². The highest BCUT2D eigenvalue weighted by atomic mass is 14.9. The Bertz CT molecular complexity index is 304. The van der Waals surface area contributed by atoms with Crippen molar-refractivity contribution in [3.63, 3.8) is 0 Å². The molecule has 2 rings (SSSR count). The van der Waals surface area contributed by atoms with E-state index in [-0.39, 0.29) is 0 Å². The topological polar surface area (TPSA) is 24.9 Å². The van der Waals surface area contributed by atoms with Crippen LogP contribution < -0.4 is 5.32 Å². The number of pyridine rings is 1. The lowest BCUT2D eigenvalue weighted by Gasteiger charge is -2.25. The second-order valence-electron chi connectivity index (χ2n) is 5.00. The van der Waals surface area contributed by atoms with Gasteiger partial charge >= 0.3 is 0 Å². The smallest absolute Gasteiger partial charge is 0.0295 e. The molecule has 88 valence electrons. The van der Waals surface area contributed by atoms with E-state index in [0.29, 0.717) is 12.1 Å². The summed E-state index contributed by atoms with van der Waals surface area (Å²) >= 11 is 0. The van der Waals surface area contributed by atoms with E-state index in [1.54, 1.807) is 0 Å². The fraction of sp³-hybridized carbons (Fsp3) is 0.643. The van der Waals surface area contributed by atoms with E-state index in [1.807, 2.05) is 12.4 Å². The van der Waals surface area contributed by atoms with Crippen LogP contribution in [0.3, 0.4) is 0 Å². The molecule has 1 aliphatic carbocycles. The quantitative estimate of drug-likeness (QED) is 0.838. The van der Waals surface area contributed by atoms with E-state index in [9.17, 15) is 0 Å². The molecular formula is C14H22N2. The maximum atomic E-state index is 4.06. The molecule has 0 aromatic carbocycles. The third-order valence-corrected chi connectivity index (χ3v) is 3.83. The first-order valence-corrected chi connectivity index (χ1v) is 6.43. The second-order valence-corrected chi connectivity index (χ2v) is 5.00. The minimum Gasteiger partial charge on any atom is -0.307 e. The van der Waals surface area contributed by atoms with Crippen molar-refractivity contribution in [3.05, 3.63) is 30.1 Å². The van der Waals surface area contributed by atoms with E-state index in [0.717, 1.165) is 5.92 Å². The molecule has 1 unspecified atom stereocenters. The summed E-state index contributed by atoms with van der Waals surface area (Å²) in [6, 6.07) is 5.25. The van der Waals surface area contributed by atoms with Crippen molar-refractivity contribution in [2.45, 2.75) is 51.6 Å². The Labute approximate surface area is 98.5 Å². The molecule has 1 N–H and O–H groups in total. The maximum Gasteiger partial charge on any atom is 0.0295 e. The minimum absolute atomic E-state index is 0.429. The van der Waals surface area contributed by atoms with Crippen LogP contribution in [0.1, 0.15) is 51.1 Å². The highest BCUT2D eigenvalue weighted by Gasteiger charge is 2.22. The van der Waals surface area contributed by atoms with Gasteiger partial charge in [0.05, 0.1) is 0 Å². The van der Waals surface area contributed by atoms with Crippen LogP contribution in [0.5, 0.6) is 0 Å². The maximum absolute atomic E-state index is 4.06. The Morgan fingerprint density at radius 3 is 2.44 bits per heavy atom. The molecule has 1 aliphatic rings. The molecular weight excluding hydrogens is 196 g/mol. The predicted molar refractivity (Wildman–Crippen MR) is 67.2 cm³/mol. The molecule has 2 atom stereocenters. The van der Waals surface area contributed by atoms with Crippen LogP contribution in [-0.2, 0) is 0 Å². The average molecular weight is 218 g/mol. The lowest BCUT2D eigenvalue weighted by Crippen LogP contribution is -2.34. The predicted octanol–water partition coefficient (Wildman–Crippen LogP) is 3.31. The largest absolute Gasteiger partial charge is 0.307 e. The van der Waals surface area contributed by atoms with E-state index in [4.69, 9.17) is 0 Å². The van der Waals surface area contributed by atoms with Crippen LogP contribution in [0.15, 0.2) is 24.5 Å². The zero-order chi connectivity index (χ0) is 11.4. The van der Waals surface area contributed by atoms with Gasteiger partial charge in [-0.3, -0.25) is 4.98 Å². The van der Waals surface area contributed by atoms with Gasteiger partial charge < -0.3 is 5.32 Å². The lowest BCUT2D eigenvalue weighted by atomic mass is 9.98.